The van der Waals surface area contributed by atoms with E-state index < -0.39 is 0 Å². The van der Waals surface area contributed by atoms with Gasteiger partial charge in [0.1, 0.15) is 0 Å². The number of fused-ring (bicyclic) bond motifs is 7. The monoisotopic (exact) mass is 651 g/mol. The lowest BCUT2D eigenvalue weighted by molar-refractivity contribution is 0.814. The maximum absolute atomic E-state index is 5.16. The molecule has 240 valence electrons. The fraction of sp³-hybridized carbons (Fsp3) is 0.0417. The molecular formula is C48H33N3. The lowest BCUT2D eigenvalue weighted by Gasteiger charge is -2.19. The maximum Gasteiger partial charge on any atom is 0.160 e. The minimum atomic E-state index is 0.118. The molecule has 3 nitrogen and oxygen atoms in total. The predicted molar refractivity (Wildman–Crippen MR) is 213 cm³/mol. The standard InChI is InChI=1S/C48H33N3/c1-3-15-34(16-4-1)42-31-43(50-48(49-42)35-17-5-2-6-18-35)38-21-11-19-36(29-38)37-20-12-22-39(30-37)51-44-27-25-32-13-7-9-23-40(32)46(44)47-41-24-10-8-14-33(41)26-28-45(47)51/h1-20,22-31,38H,21H2. The average molecular weight is 652 g/mol. The molecule has 0 saturated heterocycles. The molecule has 3 heteroatoms. The molecule has 0 N–H and O–H groups in total. The van der Waals surface area contributed by atoms with Gasteiger partial charge < -0.3 is 4.57 Å². The van der Waals surface area contributed by atoms with Crippen molar-refractivity contribution < 1.29 is 0 Å². The number of aromatic nitrogens is 3. The quantitative estimate of drug-likeness (QED) is 0.185. The van der Waals surface area contributed by atoms with E-state index in [0.717, 1.165) is 40.4 Å². The van der Waals surface area contributed by atoms with Crippen LogP contribution in [-0.4, -0.2) is 14.5 Å². The van der Waals surface area contributed by atoms with Crippen LogP contribution < -0.4 is 0 Å². The van der Waals surface area contributed by atoms with Gasteiger partial charge in [0.2, 0.25) is 0 Å². The van der Waals surface area contributed by atoms with Crippen LogP contribution in [-0.2, 0) is 0 Å². The van der Waals surface area contributed by atoms with Crippen molar-refractivity contribution in [2.45, 2.75) is 12.3 Å². The van der Waals surface area contributed by atoms with Crippen LogP contribution in [0, 0.1) is 0 Å². The number of benzene rings is 7. The van der Waals surface area contributed by atoms with Gasteiger partial charge in [0.15, 0.2) is 5.82 Å². The van der Waals surface area contributed by atoms with Crippen molar-refractivity contribution in [1.29, 1.82) is 0 Å². The van der Waals surface area contributed by atoms with Gasteiger partial charge in [0.05, 0.1) is 22.4 Å². The number of nitrogens with zero attached hydrogens (tertiary/aromatic N) is 3. The summed E-state index contributed by atoms with van der Waals surface area (Å²) in [6, 6.07) is 58.5. The first-order chi connectivity index (χ1) is 25.3. The van der Waals surface area contributed by atoms with Crippen LogP contribution in [0.15, 0.2) is 182 Å². The highest BCUT2D eigenvalue weighted by atomic mass is 15.0. The zero-order valence-corrected chi connectivity index (χ0v) is 27.9. The van der Waals surface area contributed by atoms with Crippen LogP contribution in [0.3, 0.4) is 0 Å². The zero-order valence-electron chi connectivity index (χ0n) is 27.9. The van der Waals surface area contributed by atoms with Gasteiger partial charge in [-0.2, -0.15) is 0 Å². The molecule has 0 spiro atoms. The highest BCUT2D eigenvalue weighted by molar-refractivity contribution is 6.28. The molecule has 0 bridgehead atoms. The Labute approximate surface area is 296 Å². The summed E-state index contributed by atoms with van der Waals surface area (Å²) in [5.74, 6) is 0.873. The van der Waals surface area contributed by atoms with Crippen molar-refractivity contribution in [3.8, 4) is 28.3 Å². The number of hydrogen-bond donors (Lipinski definition) is 0. The second-order valence-corrected chi connectivity index (χ2v) is 13.3. The Hall–Kier alpha value is -6.58. The van der Waals surface area contributed by atoms with Gasteiger partial charge in [0.25, 0.3) is 0 Å². The van der Waals surface area contributed by atoms with Crippen molar-refractivity contribution >= 4 is 48.9 Å². The molecule has 0 radical (unpaired) electrons. The first-order valence-corrected chi connectivity index (χ1v) is 17.6. The Kier molecular flexibility index (Phi) is 6.95. The van der Waals surface area contributed by atoms with Crippen LogP contribution in [0.1, 0.15) is 23.6 Å². The molecule has 0 saturated carbocycles. The molecule has 7 aromatic carbocycles. The summed E-state index contributed by atoms with van der Waals surface area (Å²) in [7, 11) is 0. The van der Waals surface area contributed by atoms with Crippen molar-refractivity contribution in [1.82, 2.24) is 14.5 Å². The first-order valence-electron chi connectivity index (χ1n) is 17.6. The van der Waals surface area contributed by atoms with E-state index in [1.54, 1.807) is 0 Å². The summed E-state index contributed by atoms with van der Waals surface area (Å²) < 4.78 is 2.44. The van der Waals surface area contributed by atoms with Crippen molar-refractivity contribution in [3.63, 3.8) is 0 Å². The van der Waals surface area contributed by atoms with Crippen molar-refractivity contribution in [2.24, 2.45) is 0 Å². The third-order valence-corrected chi connectivity index (χ3v) is 10.3. The summed E-state index contributed by atoms with van der Waals surface area (Å²) in [6.07, 6.45) is 7.82. The van der Waals surface area contributed by atoms with E-state index in [0.29, 0.717) is 0 Å². The van der Waals surface area contributed by atoms with Gasteiger partial charge >= 0.3 is 0 Å². The Balaban J connectivity index is 1.12. The minimum Gasteiger partial charge on any atom is -0.309 e. The van der Waals surface area contributed by atoms with E-state index in [9.17, 15) is 0 Å². The highest BCUT2D eigenvalue weighted by Crippen LogP contribution is 2.41. The average Bonchev–Trinajstić information content (AvgIpc) is 3.57. The molecule has 2 aromatic heterocycles. The predicted octanol–water partition coefficient (Wildman–Crippen LogP) is 12.3. The summed E-state index contributed by atoms with van der Waals surface area (Å²) in [6.45, 7) is 0. The zero-order chi connectivity index (χ0) is 33.7. The van der Waals surface area contributed by atoms with Crippen molar-refractivity contribution in [2.75, 3.05) is 0 Å². The molecule has 0 aliphatic heterocycles. The molecule has 0 amide bonds. The van der Waals surface area contributed by atoms with Crippen LogP contribution >= 0.6 is 0 Å². The fourth-order valence-electron chi connectivity index (χ4n) is 7.86. The smallest absolute Gasteiger partial charge is 0.160 e. The van der Waals surface area contributed by atoms with E-state index in [4.69, 9.17) is 9.97 Å². The SMILES string of the molecule is C1=CC(c2cccc(-n3c4ccc5ccccc5c4c4c5ccccc5ccc43)c2)=CC(c2cc(-c3ccccc3)nc(-c3ccccc3)n2)C1. The maximum atomic E-state index is 5.16. The van der Waals surface area contributed by atoms with Gasteiger partial charge in [-0.05, 0) is 69.4 Å². The van der Waals surface area contributed by atoms with Gasteiger partial charge in [-0.3, -0.25) is 0 Å². The van der Waals surface area contributed by atoms with E-state index >= 15 is 0 Å². The Morgan fingerprint density at radius 3 is 1.80 bits per heavy atom. The number of rotatable bonds is 5. The normalized spacial score (nSPS) is 14.4. The topological polar surface area (TPSA) is 30.7 Å². The number of hydrogen-bond acceptors (Lipinski definition) is 2. The van der Waals surface area contributed by atoms with Gasteiger partial charge in [-0.25, -0.2) is 9.97 Å². The lowest BCUT2D eigenvalue weighted by Crippen LogP contribution is -2.05. The molecule has 9 aromatic rings. The summed E-state index contributed by atoms with van der Waals surface area (Å²) in [5, 5.41) is 7.67. The van der Waals surface area contributed by atoms with Crippen molar-refractivity contribution in [3.05, 3.63) is 193 Å². The van der Waals surface area contributed by atoms with Gasteiger partial charge in [0, 0.05) is 33.5 Å². The molecule has 1 aliphatic rings. The Morgan fingerprint density at radius 1 is 0.510 bits per heavy atom. The highest BCUT2D eigenvalue weighted by Gasteiger charge is 2.20. The van der Waals surface area contributed by atoms with E-state index in [1.807, 2.05) is 24.3 Å². The summed E-state index contributed by atoms with van der Waals surface area (Å²) in [4.78, 5) is 10.2. The minimum absolute atomic E-state index is 0.118. The van der Waals surface area contributed by atoms with E-state index in [1.165, 1.54) is 54.5 Å². The van der Waals surface area contributed by atoms with Crippen LogP contribution in [0.25, 0.3) is 77.3 Å². The second-order valence-electron chi connectivity index (χ2n) is 13.3. The first kappa shape index (κ1) is 29.3. The molecule has 51 heavy (non-hydrogen) atoms. The van der Waals surface area contributed by atoms with E-state index in [-0.39, 0.29) is 5.92 Å². The fourth-order valence-corrected chi connectivity index (χ4v) is 7.86. The lowest BCUT2D eigenvalue weighted by atomic mass is 9.89. The molecule has 1 unspecified atom stereocenters. The van der Waals surface area contributed by atoms with Crippen LogP contribution in [0.2, 0.25) is 0 Å². The van der Waals surface area contributed by atoms with Gasteiger partial charge in [-0.1, -0.05) is 152 Å². The van der Waals surface area contributed by atoms with Crippen LogP contribution in [0.4, 0.5) is 0 Å². The summed E-state index contributed by atoms with van der Waals surface area (Å²) >= 11 is 0. The second kappa shape index (κ2) is 12.1. The Bertz CT molecular complexity index is 2670. The third kappa shape index (κ3) is 5.05. The van der Waals surface area contributed by atoms with E-state index in [2.05, 4.69) is 162 Å². The van der Waals surface area contributed by atoms with Gasteiger partial charge in [-0.15, -0.1) is 0 Å². The molecule has 10 rings (SSSR count). The molecule has 1 atom stereocenters. The molecule has 0 fully saturated rings. The largest absolute Gasteiger partial charge is 0.309 e. The third-order valence-electron chi connectivity index (χ3n) is 10.3. The molecular weight excluding hydrogens is 619 g/mol. The molecule has 2 heterocycles. The number of allylic oxidation sites excluding steroid dienone is 4. The summed E-state index contributed by atoms with van der Waals surface area (Å²) in [5.41, 5.74) is 10.0. The Morgan fingerprint density at radius 2 is 1.12 bits per heavy atom. The molecule has 1 aliphatic carbocycles. The van der Waals surface area contributed by atoms with Crippen LogP contribution in [0.5, 0.6) is 0 Å².